The van der Waals surface area contributed by atoms with Crippen LogP contribution in [-0.4, -0.2) is 11.1 Å². The van der Waals surface area contributed by atoms with E-state index in [0.29, 0.717) is 6.07 Å². The molecule has 1 aromatic carbocycles. The first-order valence-electron chi connectivity index (χ1n) is 3.79. The Morgan fingerprint density at radius 3 is 2.33 bits per heavy atom. The van der Waals surface area contributed by atoms with E-state index in [1.807, 2.05) is 0 Å². The zero-order chi connectivity index (χ0) is 11.6. The summed E-state index contributed by atoms with van der Waals surface area (Å²) in [6.07, 6.45) is -5.96. The standard InChI is InChI=1S/C8H5F4NO2/c9-7-3-6(13(14)15)2-1-5(7)4-8(10,11)12/h1-3H,4H2. The zero-order valence-electron chi connectivity index (χ0n) is 7.21. The number of rotatable bonds is 2. The molecule has 1 aromatic rings. The summed E-state index contributed by atoms with van der Waals surface area (Å²) >= 11 is 0. The van der Waals surface area contributed by atoms with E-state index in [1.54, 1.807) is 0 Å². The average Bonchev–Trinajstić information content (AvgIpc) is 2.05. The molecule has 3 nitrogen and oxygen atoms in total. The third kappa shape index (κ3) is 3.19. The highest BCUT2D eigenvalue weighted by Gasteiger charge is 2.29. The lowest BCUT2D eigenvalue weighted by atomic mass is 10.1. The molecule has 0 N–H and O–H groups in total. The van der Waals surface area contributed by atoms with Crippen molar-refractivity contribution in [2.75, 3.05) is 0 Å². The Labute approximate surface area is 81.5 Å². The SMILES string of the molecule is O=[N+]([O-])c1ccc(CC(F)(F)F)c(F)c1. The number of non-ortho nitro benzene ring substituents is 1. The Hall–Kier alpha value is -1.66. The van der Waals surface area contributed by atoms with Crippen molar-refractivity contribution in [1.29, 1.82) is 0 Å². The molecule has 0 heterocycles. The van der Waals surface area contributed by atoms with E-state index in [1.165, 1.54) is 0 Å². The van der Waals surface area contributed by atoms with Crippen molar-refractivity contribution in [2.24, 2.45) is 0 Å². The molecule has 1 rings (SSSR count). The monoisotopic (exact) mass is 223 g/mol. The maximum atomic E-state index is 12.9. The Kier molecular flexibility index (Phi) is 2.92. The predicted molar refractivity (Wildman–Crippen MR) is 42.8 cm³/mol. The summed E-state index contributed by atoms with van der Waals surface area (Å²) in [5.74, 6) is -1.22. The van der Waals surface area contributed by atoms with Crippen molar-refractivity contribution in [3.8, 4) is 0 Å². The van der Waals surface area contributed by atoms with Gasteiger partial charge in [0.1, 0.15) is 5.82 Å². The van der Waals surface area contributed by atoms with Crippen LogP contribution in [0.5, 0.6) is 0 Å². The lowest BCUT2D eigenvalue weighted by Crippen LogP contribution is -2.12. The van der Waals surface area contributed by atoms with E-state index < -0.39 is 34.6 Å². The van der Waals surface area contributed by atoms with E-state index in [0.717, 1.165) is 12.1 Å². The summed E-state index contributed by atoms with van der Waals surface area (Å²) in [6, 6.07) is 2.08. The number of halogens is 4. The summed E-state index contributed by atoms with van der Waals surface area (Å²) in [5, 5.41) is 10.2. The first-order chi connectivity index (χ1) is 6.79. The molecule has 0 atom stereocenters. The second-order valence-corrected chi connectivity index (χ2v) is 2.82. The van der Waals surface area contributed by atoms with Gasteiger partial charge in [-0.25, -0.2) is 4.39 Å². The van der Waals surface area contributed by atoms with Crippen molar-refractivity contribution >= 4 is 5.69 Å². The number of nitro benzene ring substituents is 1. The zero-order valence-corrected chi connectivity index (χ0v) is 7.21. The molecule has 0 radical (unpaired) electrons. The average molecular weight is 223 g/mol. The molecule has 0 saturated heterocycles. The molecule has 82 valence electrons. The molecule has 0 aliphatic rings. The van der Waals surface area contributed by atoms with Crippen LogP contribution in [-0.2, 0) is 6.42 Å². The van der Waals surface area contributed by atoms with Crippen LogP contribution in [0, 0.1) is 15.9 Å². The highest BCUT2D eigenvalue weighted by molar-refractivity contribution is 5.34. The van der Waals surface area contributed by atoms with Gasteiger partial charge in [-0.1, -0.05) is 0 Å². The maximum absolute atomic E-state index is 12.9. The first-order valence-corrected chi connectivity index (χ1v) is 3.79. The van der Waals surface area contributed by atoms with E-state index in [2.05, 4.69) is 0 Å². The van der Waals surface area contributed by atoms with Crippen molar-refractivity contribution in [3.63, 3.8) is 0 Å². The minimum Gasteiger partial charge on any atom is -0.258 e. The van der Waals surface area contributed by atoms with Crippen LogP contribution >= 0.6 is 0 Å². The maximum Gasteiger partial charge on any atom is 0.393 e. The number of hydrogen-bond acceptors (Lipinski definition) is 2. The van der Waals surface area contributed by atoms with E-state index in [-0.39, 0.29) is 0 Å². The van der Waals surface area contributed by atoms with E-state index in [9.17, 15) is 27.7 Å². The van der Waals surface area contributed by atoms with Gasteiger partial charge in [-0.3, -0.25) is 10.1 Å². The van der Waals surface area contributed by atoms with Crippen LogP contribution < -0.4 is 0 Å². The predicted octanol–water partition coefficient (Wildman–Crippen LogP) is 2.84. The molecule has 0 aliphatic heterocycles. The summed E-state index contributed by atoms with van der Waals surface area (Å²) in [6.45, 7) is 0. The van der Waals surface area contributed by atoms with E-state index >= 15 is 0 Å². The van der Waals surface area contributed by atoms with Gasteiger partial charge in [0, 0.05) is 6.07 Å². The number of alkyl halides is 3. The Morgan fingerprint density at radius 1 is 1.33 bits per heavy atom. The van der Waals surface area contributed by atoms with Crippen LogP contribution in [0.25, 0.3) is 0 Å². The van der Waals surface area contributed by atoms with Crippen molar-refractivity contribution in [3.05, 3.63) is 39.7 Å². The van der Waals surface area contributed by atoms with Gasteiger partial charge >= 0.3 is 6.18 Å². The molecule has 0 aromatic heterocycles. The van der Waals surface area contributed by atoms with Crippen LogP contribution in [0.1, 0.15) is 5.56 Å². The van der Waals surface area contributed by atoms with Crippen LogP contribution in [0.15, 0.2) is 18.2 Å². The molecule has 0 amide bonds. The normalized spacial score (nSPS) is 11.5. The summed E-state index contributed by atoms with van der Waals surface area (Å²) in [4.78, 5) is 9.29. The molecule has 0 spiro atoms. The fraction of sp³-hybridized carbons (Fsp3) is 0.250. The van der Waals surface area contributed by atoms with E-state index in [4.69, 9.17) is 0 Å². The molecule has 7 heteroatoms. The molecule has 0 fully saturated rings. The second kappa shape index (κ2) is 3.84. The number of hydrogen-bond donors (Lipinski definition) is 0. The highest BCUT2D eigenvalue weighted by atomic mass is 19.4. The van der Waals surface area contributed by atoms with Crippen LogP contribution in [0.4, 0.5) is 23.2 Å². The Balaban J connectivity index is 2.99. The van der Waals surface area contributed by atoms with Crippen LogP contribution in [0.2, 0.25) is 0 Å². The topological polar surface area (TPSA) is 43.1 Å². The molecule has 15 heavy (non-hydrogen) atoms. The van der Waals surface area contributed by atoms with Crippen molar-refractivity contribution in [2.45, 2.75) is 12.6 Å². The van der Waals surface area contributed by atoms with Gasteiger partial charge in [-0.2, -0.15) is 13.2 Å². The van der Waals surface area contributed by atoms with Crippen molar-refractivity contribution < 1.29 is 22.5 Å². The quantitative estimate of drug-likeness (QED) is 0.439. The fourth-order valence-corrected chi connectivity index (χ4v) is 1.01. The lowest BCUT2D eigenvalue weighted by Gasteiger charge is -2.06. The van der Waals surface area contributed by atoms with Gasteiger partial charge in [0.2, 0.25) is 0 Å². The Bertz CT molecular complexity index is 389. The van der Waals surface area contributed by atoms with Gasteiger partial charge in [-0.05, 0) is 11.6 Å². The molecule has 0 unspecified atom stereocenters. The van der Waals surface area contributed by atoms with Crippen molar-refractivity contribution in [1.82, 2.24) is 0 Å². The number of benzene rings is 1. The van der Waals surface area contributed by atoms with Gasteiger partial charge in [-0.15, -0.1) is 0 Å². The first kappa shape index (κ1) is 11.4. The summed E-state index contributed by atoms with van der Waals surface area (Å²) < 4.78 is 48.6. The number of nitro groups is 1. The summed E-state index contributed by atoms with van der Waals surface area (Å²) in [5.41, 5.74) is -1.17. The summed E-state index contributed by atoms with van der Waals surface area (Å²) in [7, 11) is 0. The second-order valence-electron chi connectivity index (χ2n) is 2.82. The third-order valence-corrected chi connectivity index (χ3v) is 1.64. The number of nitrogens with zero attached hydrogens (tertiary/aromatic N) is 1. The minimum absolute atomic E-state index is 0.473. The highest BCUT2D eigenvalue weighted by Crippen LogP contribution is 2.24. The smallest absolute Gasteiger partial charge is 0.258 e. The molecule has 0 saturated carbocycles. The van der Waals surface area contributed by atoms with Gasteiger partial charge in [0.15, 0.2) is 0 Å². The largest absolute Gasteiger partial charge is 0.393 e. The molecular weight excluding hydrogens is 218 g/mol. The molecule has 0 aliphatic carbocycles. The van der Waals surface area contributed by atoms with Crippen LogP contribution in [0.3, 0.4) is 0 Å². The van der Waals surface area contributed by atoms with Gasteiger partial charge in [0.05, 0.1) is 17.4 Å². The Morgan fingerprint density at radius 2 is 1.93 bits per heavy atom. The molecular formula is C8H5F4NO2. The lowest BCUT2D eigenvalue weighted by molar-refractivity contribution is -0.385. The fourth-order valence-electron chi connectivity index (χ4n) is 1.01. The van der Waals surface area contributed by atoms with Gasteiger partial charge in [0.25, 0.3) is 5.69 Å². The third-order valence-electron chi connectivity index (χ3n) is 1.64. The minimum atomic E-state index is -4.53. The molecule has 0 bridgehead atoms. The van der Waals surface area contributed by atoms with Gasteiger partial charge < -0.3 is 0 Å².